The number of hydrogen-bond acceptors (Lipinski definition) is 1. The minimum absolute atomic E-state index is 0.393. The van der Waals surface area contributed by atoms with Crippen LogP contribution in [0, 0.1) is 6.92 Å². The van der Waals surface area contributed by atoms with Crippen LogP contribution in [0.2, 0.25) is 0 Å². The highest BCUT2D eigenvalue weighted by Gasteiger charge is 2.20. The van der Waals surface area contributed by atoms with Gasteiger partial charge in [-0.15, -0.1) is 0 Å². The molecule has 3 nitrogen and oxygen atoms in total. The molecular weight excluding hydrogens is 226 g/mol. The van der Waals surface area contributed by atoms with Gasteiger partial charge in [-0.1, -0.05) is 26.0 Å². The van der Waals surface area contributed by atoms with E-state index in [1.807, 2.05) is 12.1 Å². The molecule has 0 amide bonds. The molecule has 96 valence electrons. The van der Waals surface area contributed by atoms with E-state index < -0.39 is 5.97 Å². The SMILES string of the molecule is CCn1c(C)c(C(C)C)c2cccc(C(=O)O)c21. The van der Waals surface area contributed by atoms with E-state index >= 15 is 0 Å². The van der Waals surface area contributed by atoms with Gasteiger partial charge in [-0.2, -0.15) is 0 Å². The minimum Gasteiger partial charge on any atom is -0.478 e. The van der Waals surface area contributed by atoms with Crippen molar-refractivity contribution in [3.05, 3.63) is 35.0 Å². The van der Waals surface area contributed by atoms with Crippen LogP contribution in [0.4, 0.5) is 0 Å². The molecule has 2 rings (SSSR count). The first-order valence-corrected chi connectivity index (χ1v) is 6.34. The van der Waals surface area contributed by atoms with Gasteiger partial charge in [0.1, 0.15) is 0 Å². The van der Waals surface area contributed by atoms with Crippen molar-refractivity contribution < 1.29 is 9.90 Å². The molecule has 0 aliphatic rings. The Kier molecular flexibility index (Phi) is 3.16. The van der Waals surface area contributed by atoms with E-state index in [2.05, 4.69) is 32.3 Å². The zero-order chi connectivity index (χ0) is 13.4. The van der Waals surface area contributed by atoms with E-state index in [-0.39, 0.29) is 0 Å². The van der Waals surface area contributed by atoms with E-state index in [1.165, 1.54) is 11.3 Å². The number of fused-ring (bicyclic) bond motifs is 1. The maximum Gasteiger partial charge on any atom is 0.337 e. The van der Waals surface area contributed by atoms with Crippen molar-refractivity contribution in [2.24, 2.45) is 0 Å². The minimum atomic E-state index is -0.858. The Morgan fingerprint density at radius 3 is 2.56 bits per heavy atom. The Hall–Kier alpha value is -1.77. The second-order valence-electron chi connectivity index (χ2n) is 4.90. The van der Waals surface area contributed by atoms with E-state index in [9.17, 15) is 9.90 Å². The molecule has 0 unspecified atom stereocenters. The third-order valence-electron chi connectivity index (χ3n) is 3.51. The lowest BCUT2D eigenvalue weighted by Crippen LogP contribution is -2.03. The highest BCUT2D eigenvalue weighted by molar-refractivity contribution is 6.04. The van der Waals surface area contributed by atoms with Gasteiger partial charge in [0.25, 0.3) is 0 Å². The number of aromatic nitrogens is 1. The van der Waals surface area contributed by atoms with Crippen LogP contribution >= 0.6 is 0 Å². The van der Waals surface area contributed by atoms with Crippen molar-refractivity contribution in [3.8, 4) is 0 Å². The Balaban J connectivity index is 2.95. The van der Waals surface area contributed by atoms with Gasteiger partial charge >= 0.3 is 5.97 Å². The molecule has 0 spiro atoms. The molecule has 1 aromatic heterocycles. The first kappa shape index (κ1) is 12.7. The van der Waals surface area contributed by atoms with Gasteiger partial charge in [0.15, 0.2) is 0 Å². The number of nitrogens with zero attached hydrogens (tertiary/aromatic N) is 1. The van der Waals surface area contributed by atoms with Crippen LogP contribution < -0.4 is 0 Å². The highest BCUT2D eigenvalue weighted by atomic mass is 16.4. The highest BCUT2D eigenvalue weighted by Crippen LogP contribution is 2.33. The summed E-state index contributed by atoms with van der Waals surface area (Å²) in [6, 6.07) is 5.54. The zero-order valence-electron chi connectivity index (χ0n) is 11.3. The predicted molar refractivity (Wildman–Crippen MR) is 73.4 cm³/mol. The number of carboxylic acids is 1. The van der Waals surface area contributed by atoms with Gasteiger partial charge in [0, 0.05) is 17.6 Å². The summed E-state index contributed by atoms with van der Waals surface area (Å²) in [5.74, 6) is -0.465. The number of carbonyl (C=O) groups is 1. The quantitative estimate of drug-likeness (QED) is 0.893. The van der Waals surface area contributed by atoms with Gasteiger partial charge in [0.2, 0.25) is 0 Å². The van der Waals surface area contributed by atoms with Crippen molar-refractivity contribution in [2.45, 2.75) is 40.2 Å². The smallest absolute Gasteiger partial charge is 0.337 e. The van der Waals surface area contributed by atoms with Crippen LogP contribution in [0.3, 0.4) is 0 Å². The van der Waals surface area contributed by atoms with E-state index in [0.29, 0.717) is 11.5 Å². The fourth-order valence-electron chi connectivity index (χ4n) is 2.86. The number of para-hydroxylation sites is 1. The van der Waals surface area contributed by atoms with Gasteiger partial charge in [0.05, 0.1) is 11.1 Å². The summed E-state index contributed by atoms with van der Waals surface area (Å²) in [6.45, 7) is 9.21. The van der Waals surface area contributed by atoms with E-state index in [4.69, 9.17) is 0 Å². The molecule has 0 radical (unpaired) electrons. The predicted octanol–water partition coefficient (Wildman–Crippen LogP) is 3.79. The fraction of sp³-hybridized carbons (Fsp3) is 0.400. The van der Waals surface area contributed by atoms with Gasteiger partial charge < -0.3 is 9.67 Å². The average Bonchev–Trinajstić information content (AvgIpc) is 2.59. The Labute approximate surface area is 107 Å². The second kappa shape index (κ2) is 4.48. The third kappa shape index (κ3) is 1.70. The van der Waals surface area contributed by atoms with Crippen molar-refractivity contribution >= 4 is 16.9 Å². The number of rotatable bonds is 3. The van der Waals surface area contributed by atoms with Gasteiger partial charge in [-0.25, -0.2) is 4.79 Å². The van der Waals surface area contributed by atoms with E-state index in [0.717, 1.165) is 17.4 Å². The summed E-state index contributed by atoms with van der Waals surface area (Å²) < 4.78 is 2.11. The van der Waals surface area contributed by atoms with Crippen LogP contribution in [-0.2, 0) is 6.54 Å². The van der Waals surface area contributed by atoms with Crippen LogP contribution in [0.25, 0.3) is 10.9 Å². The third-order valence-corrected chi connectivity index (χ3v) is 3.51. The van der Waals surface area contributed by atoms with Crippen molar-refractivity contribution in [1.82, 2.24) is 4.57 Å². The van der Waals surface area contributed by atoms with Crippen LogP contribution in [-0.4, -0.2) is 15.6 Å². The molecule has 0 saturated heterocycles. The molecule has 1 N–H and O–H groups in total. The van der Waals surface area contributed by atoms with Crippen LogP contribution in [0.1, 0.15) is 48.3 Å². The molecule has 0 aliphatic carbocycles. The summed E-state index contributed by atoms with van der Waals surface area (Å²) in [5, 5.41) is 10.4. The number of benzene rings is 1. The van der Waals surface area contributed by atoms with E-state index in [1.54, 1.807) is 6.07 Å². The molecule has 0 aliphatic heterocycles. The monoisotopic (exact) mass is 245 g/mol. The standard InChI is InChI=1S/C15H19NO2/c1-5-16-10(4)13(9(2)3)11-7-6-8-12(14(11)16)15(17)18/h6-9H,5H2,1-4H3,(H,17,18). The number of hydrogen-bond donors (Lipinski definition) is 1. The molecule has 0 atom stereocenters. The summed E-state index contributed by atoms with van der Waals surface area (Å²) in [5.41, 5.74) is 3.68. The van der Waals surface area contributed by atoms with Crippen LogP contribution in [0.5, 0.6) is 0 Å². The lowest BCUT2D eigenvalue weighted by Gasteiger charge is -2.07. The lowest BCUT2D eigenvalue weighted by atomic mass is 9.99. The van der Waals surface area contributed by atoms with Gasteiger partial charge in [-0.3, -0.25) is 0 Å². The molecule has 1 heterocycles. The molecule has 0 fully saturated rings. The Morgan fingerprint density at radius 1 is 1.39 bits per heavy atom. The second-order valence-corrected chi connectivity index (χ2v) is 4.90. The Morgan fingerprint density at radius 2 is 2.06 bits per heavy atom. The largest absolute Gasteiger partial charge is 0.478 e. The molecule has 3 heteroatoms. The summed E-state index contributed by atoms with van der Waals surface area (Å²) in [7, 11) is 0. The number of aryl methyl sites for hydroxylation is 1. The first-order valence-electron chi connectivity index (χ1n) is 6.34. The molecule has 0 saturated carbocycles. The molecule has 0 bridgehead atoms. The maximum atomic E-state index is 11.4. The molecule has 18 heavy (non-hydrogen) atoms. The fourth-order valence-corrected chi connectivity index (χ4v) is 2.86. The zero-order valence-corrected chi connectivity index (χ0v) is 11.3. The molecular formula is C15H19NO2. The van der Waals surface area contributed by atoms with Crippen molar-refractivity contribution in [1.29, 1.82) is 0 Å². The lowest BCUT2D eigenvalue weighted by molar-refractivity contribution is 0.0698. The maximum absolute atomic E-state index is 11.4. The summed E-state index contributed by atoms with van der Waals surface area (Å²) >= 11 is 0. The molecule has 2 aromatic rings. The van der Waals surface area contributed by atoms with Crippen molar-refractivity contribution in [2.75, 3.05) is 0 Å². The van der Waals surface area contributed by atoms with Gasteiger partial charge in [-0.05, 0) is 31.4 Å². The summed E-state index contributed by atoms with van der Waals surface area (Å²) in [4.78, 5) is 11.4. The average molecular weight is 245 g/mol. The summed E-state index contributed by atoms with van der Waals surface area (Å²) in [6.07, 6.45) is 0. The first-order chi connectivity index (χ1) is 8.49. The van der Waals surface area contributed by atoms with Crippen molar-refractivity contribution in [3.63, 3.8) is 0 Å². The molecule has 1 aromatic carbocycles. The number of aromatic carboxylic acids is 1. The van der Waals surface area contributed by atoms with Crippen LogP contribution in [0.15, 0.2) is 18.2 Å². The number of carboxylic acid groups (broad SMARTS) is 1. The topological polar surface area (TPSA) is 42.2 Å². The normalized spacial score (nSPS) is 11.4. The Bertz CT molecular complexity index is 608.